The number of aryl methyl sites for hydroxylation is 1. The zero-order chi connectivity index (χ0) is 20.8. The van der Waals surface area contributed by atoms with Crippen molar-refractivity contribution in [1.29, 1.82) is 0 Å². The summed E-state index contributed by atoms with van der Waals surface area (Å²) in [6.07, 6.45) is 1.93. The number of rotatable bonds is 3. The number of hydrogen-bond acceptors (Lipinski definition) is 1. The fourth-order valence-electron chi connectivity index (χ4n) is 5.30. The third-order valence-corrected chi connectivity index (χ3v) is 6.73. The summed E-state index contributed by atoms with van der Waals surface area (Å²) in [4.78, 5) is 13.1. The summed E-state index contributed by atoms with van der Waals surface area (Å²) >= 11 is 0. The number of hydrogen-bond donors (Lipinski definition) is 0. The van der Waals surface area contributed by atoms with Crippen LogP contribution in [0.2, 0.25) is 0 Å². The first-order chi connectivity index (χ1) is 15.3. The highest BCUT2D eigenvalue weighted by Gasteiger charge is 2.30. The first kappa shape index (κ1) is 18.1. The minimum atomic E-state index is 0.151. The number of carbonyl (C=O) groups is 1. The van der Waals surface area contributed by atoms with Crippen LogP contribution >= 0.6 is 0 Å². The lowest BCUT2D eigenvalue weighted by Crippen LogP contribution is -2.20. The molecule has 6 rings (SSSR count). The molecule has 5 aromatic rings. The lowest BCUT2D eigenvalue weighted by molar-refractivity contribution is 0.103. The number of carbonyl (C=O) groups excluding carboxylic acids is 1. The molecule has 1 aliphatic rings. The molecule has 0 N–H and O–H groups in total. The van der Waals surface area contributed by atoms with Gasteiger partial charge in [-0.3, -0.25) is 4.79 Å². The van der Waals surface area contributed by atoms with Crippen LogP contribution in [0.4, 0.5) is 0 Å². The third-order valence-electron chi connectivity index (χ3n) is 6.73. The lowest BCUT2D eigenvalue weighted by atomic mass is 9.75. The monoisotopic (exact) mass is 398 g/mol. The molecule has 1 nitrogen and oxygen atoms in total. The predicted octanol–water partition coefficient (Wildman–Crippen LogP) is 7.30. The van der Waals surface area contributed by atoms with Crippen LogP contribution in [0.5, 0.6) is 0 Å². The van der Waals surface area contributed by atoms with E-state index in [-0.39, 0.29) is 11.7 Å². The highest BCUT2D eigenvalue weighted by atomic mass is 16.1. The van der Waals surface area contributed by atoms with Gasteiger partial charge >= 0.3 is 0 Å². The van der Waals surface area contributed by atoms with Crippen molar-refractivity contribution in [2.24, 2.45) is 0 Å². The van der Waals surface area contributed by atoms with Crippen molar-refractivity contribution in [3.63, 3.8) is 0 Å². The van der Waals surface area contributed by atoms with Crippen LogP contribution in [0, 0.1) is 0 Å². The number of ketones is 1. The van der Waals surface area contributed by atoms with E-state index in [0.29, 0.717) is 0 Å². The predicted molar refractivity (Wildman–Crippen MR) is 128 cm³/mol. The van der Waals surface area contributed by atoms with Gasteiger partial charge in [-0.25, -0.2) is 0 Å². The Morgan fingerprint density at radius 3 is 1.65 bits per heavy atom. The van der Waals surface area contributed by atoms with Gasteiger partial charge in [-0.1, -0.05) is 97.1 Å². The summed E-state index contributed by atoms with van der Waals surface area (Å²) in [6, 6.07) is 35.9. The average Bonchev–Trinajstić information content (AvgIpc) is 2.83. The van der Waals surface area contributed by atoms with E-state index in [9.17, 15) is 4.79 Å². The molecule has 0 aliphatic heterocycles. The molecule has 0 amide bonds. The maximum absolute atomic E-state index is 13.1. The molecule has 0 fully saturated rings. The largest absolute Gasteiger partial charge is 0.289 e. The SMILES string of the molecule is O=C1c2ccccc2C(CCc2c3ccccc3cc3ccccc23)c2ccccc21. The van der Waals surface area contributed by atoms with Gasteiger partial charge in [0.05, 0.1) is 0 Å². The first-order valence-electron chi connectivity index (χ1n) is 10.9. The first-order valence-corrected chi connectivity index (χ1v) is 10.9. The Morgan fingerprint density at radius 1 is 0.581 bits per heavy atom. The standard InChI is InChI=1S/C30H22O/c31-30-28-15-7-5-13-24(28)27(25-14-6-8-16-29(25)30)18-17-26-22-11-3-1-9-20(22)19-21-10-2-4-12-23(21)26/h1-16,19,27H,17-18H2. The number of fused-ring (bicyclic) bond motifs is 4. The maximum Gasteiger partial charge on any atom is 0.193 e. The van der Waals surface area contributed by atoms with Gasteiger partial charge in [0.25, 0.3) is 0 Å². The summed E-state index contributed by atoms with van der Waals surface area (Å²) in [5.74, 6) is 0.376. The zero-order valence-electron chi connectivity index (χ0n) is 17.2. The zero-order valence-corrected chi connectivity index (χ0v) is 17.2. The molecule has 31 heavy (non-hydrogen) atoms. The van der Waals surface area contributed by atoms with Crippen molar-refractivity contribution in [1.82, 2.24) is 0 Å². The van der Waals surface area contributed by atoms with Crippen molar-refractivity contribution in [3.05, 3.63) is 131 Å². The van der Waals surface area contributed by atoms with Gasteiger partial charge in [0.1, 0.15) is 0 Å². The molecule has 0 heterocycles. The van der Waals surface area contributed by atoms with Crippen molar-refractivity contribution in [2.75, 3.05) is 0 Å². The smallest absolute Gasteiger partial charge is 0.193 e. The lowest BCUT2D eigenvalue weighted by Gasteiger charge is -2.28. The van der Waals surface area contributed by atoms with Crippen molar-refractivity contribution < 1.29 is 4.79 Å². The molecule has 0 saturated heterocycles. The van der Waals surface area contributed by atoms with Crippen LogP contribution < -0.4 is 0 Å². The Kier molecular flexibility index (Phi) is 4.21. The van der Waals surface area contributed by atoms with Gasteiger partial charge in [0, 0.05) is 17.0 Å². The van der Waals surface area contributed by atoms with Gasteiger partial charge in [0.2, 0.25) is 0 Å². The van der Waals surface area contributed by atoms with Crippen LogP contribution in [0.3, 0.4) is 0 Å². The molecule has 5 aromatic carbocycles. The summed E-state index contributed by atoms with van der Waals surface area (Å²) in [5, 5.41) is 5.23. The summed E-state index contributed by atoms with van der Waals surface area (Å²) in [7, 11) is 0. The maximum atomic E-state index is 13.1. The van der Waals surface area contributed by atoms with Crippen molar-refractivity contribution in [3.8, 4) is 0 Å². The summed E-state index contributed by atoms with van der Waals surface area (Å²) in [6.45, 7) is 0. The number of benzene rings is 5. The van der Waals surface area contributed by atoms with E-state index in [1.807, 2.05) is 24.3 Å². The molecular formula is C30H22O. The highest BCUT2D eigenvalue weighted by Crippen LogP contribution is 2.40. The molecular weight excluding hydrogens is 376 g/mol. The highest BCUT2D eigenvalue weighted by molar-refractivity contribution is 6.12. The molecule has 1 heteroatoms. The van der Waals surface area contributed by atoms with E-state index >= 15 is 0 Å². The van der Waals surface area contributed by atoms with E-state index in [1.54, 1.807) is 0 Å². The fraction of sp³-hybridized carbons (Fsp3) is 0.100. The topological polar surface area (TPSA) is 17.1 Å². The van der Waals surface area contributed by atoms with Crippen LogP contribution in [0.15, 0.2) is 103 Å². The molecule has 148 valence electrons. The van der Waals surface area contributed by atoms with Gasteiger partial charge in [-0.2, -0.15) is 0 Å². The van der Waals surface area contributed by atoms with Crippen LogP contribution in [-0.4, -0.2) is 5.78 Å². The van der Waals surface area contributed by atoms with E-state index in [0.717, 1.165) is 35.1 Å². The minimum Gasteiger partial charge on any atom is -0.289 e. The molecule has 0 saturated carbocycles. The minimum absolute atomic E-state index is 0.151. The average molecular weight is 399 g/mol. The van der Waals surface area contributed by atoms with Gasteiger partial charge in [-0.15, -0.1) is 0 Å². The van der Waals surface area contributed by atoms with Crippen LogP contribution in [0.25, 0.3) is 21.5 Å². The Labute approximate surface area is 182 Å². The van der Waals surface area contributed by atoms with E-state index < -0.39 is 0 Å². The van der Waals surface area contributed by atoms with Gasteiger partial charge < -0.3 is 0 Å². The van der Waals surface area contributed by atoms with E-state index in [1.165, 1.54) is 27.1 Å². The molecule has 1 aliphatic carbocycles. The molecule has 0 radical (unpaired) electrons. The molecule has 0 atom stereocenters. The van der Waals surface area contributed by atoms with E-state index in [2.05, 4.69) is 78.9 Å². The normalized spacial score (nSPS) is 13.4. The second-order valence-electron chi connectivity index (χ2n) is 8.39. The van der Waals surface area contributed by atoms with Gasteiger partial charge in [-0.05, 0) is 57.1 Å². The molecule has 0 spiro atoms. The molecule has 0 aromatic heterocycles. The Morgan fingerprint density at radius 2 is 1.06 bits per heavy atom. The molecule has 0 unspecified atom stereocenters. The Bertz CT molecular complexity index is 1360. The quantitative estimate of drug-likeness (QED) is 0.291. The van der Waals surface area contributed by atoms with Crippen molar-refractivity contribution >= 4 is 27.3 Å². The summed E-state index contributed by atoms with van der Waals surface area (Å²) in [5.41, 5.74) is 5.44. The second kappa shape index (κ2) is 7.21. The van der Waals surface area contributed by atoms with Crippen LogP contribution in [0.1, 0.15) is 45.0 Å². The Hall–Kier alpha value is -3.71. The Balaban J connectivity index is 1.49. The fourth-order valence-corrected chi connectivity index (χ4v) is 5.30. The van der Waals surface area contributed by atoms with Gasteiger partial charge in [0.15, 0.2) is 5.78 Å². The second-order valence-corrected chi connectivity index (χ2v) is 8.39. The van der Waals surface area contributed by atoms with Crippen LogP contribution in [-0.2, 0) is 6.42 Å². The third kappa shape index (κ3) is 2.89. The molecule has 0 bridgehead atoms. The summed E-state index contributed by atoms with van der Waals surface area (Å²) < 4.78 is 0. The van der Waals surface area contributed by atoms with E-state index in [4.69, 9.17) is 0 Å². The van der Waals surface area contributed by atoms with Crippen molar-refractivity contribution in [2.45, 2.75) is 18.8 Å².